The summed E-state index contributed by atoms with van der Waals surface area (Å²) >= 11 is 0. The summed E-state index contributed by atoms with van der Waals surface area (Å²) < 4.78 is 5.35. The Morgan fingerprint density at radius 2 is 1.68 bits per heavy atom. The van der Waals surface area contributed by atoms with Crippen molar-refractivity contribution >= 4 is 28.5 Å². The van der Waals surface area contributed by atoms with Gasteiger partial charge < -0.3 is 14.6 Å². The summed E-state index contributed by atoms with van der Waals surface area (Å²) in [4.78, 5) is 30.3. The summed E-state index contributed by atoms with van der Waals surface area (Å²) in [6.45, 7) is -0.264. The first-order valence-electron chi connectivity index (χ1n) is 9.84. The molecule has 1 fully saturated rings. The molecule has 0 aliphatic heterocycles. The zero-order valence-corrected chi connectivity index (χ0v) is 15.8. The summed E-state index contributed by atoms with van der Waals surface area (Å²) in [7, 11) is 0. The number of rotatable bonds is 5. The van der Waals surface area contributed by atoms with E-state index >= 15 is 0 Å². The van der Waals surface area contributed by atoms with Gasteiger partial charge in [0.15, 0.2) is 6.61 Å². The molecule has 28 heavy (non-hydrogen) atoms. The van der Waals surface area contributed by atoms with Crippen LogP contribution in [0.2, 0.25) is 0 Å². The van der Waals surface area contributed by atoms with Gasteiger partial charge in [-0.3, -0.25) is 4.79 Å². The standard InChI is InChI=1S/C23H24N2O3/c26-22(16-28-23(27)21-15-17-9-7-8-14-20(17)24-21)25(18-10-3-1-4-11-18)19-12-5-2-6-13-19/h1,3-4,7-11,14-15,19,24H,2,5-6,12-13,16H2. The van der Waals surface area contributed by atoms with Crippen molar-refractivity contribution in [3.8, 4) is 0 Å². The number of carbonyl (C=O) groups excluding carboxylic acids is 2. The fraction of sp³-hybridized carbons (Fsp3) is 0.304. The molecule has 1 aromatic heterocycles. The van der Waals surface area contributed by atoms with Crippen molar-refractivity contribution in [2.75, 3.05) is 11.5 Å². The molecule has 0 unspecified atom stereocenters. The van der Waals surface area contributed by atoms with Crippen molar-refractivity contribution in [3.63, 3.8) is 0 Å². The first kappa shape index (κ1) is 18.3. The Balaban J connectivity index is 1.47. The number of nitrogens with zero attached hydrogens (tertiary/aromatic N) is 1. The number of nitrogens with one attached hydrogen (secondary N) is 1. The molecule has 5 nitrogen and oxygen atoms in total. The van der Waals surface area contributed by atoms with Crippen molar-refractivity contribution < 1.29 is 14.3 Å². The van der Waals surface area contributed by atoms with Crippen LogP contribution in [0.15, 0.2) is 60.7 Å². The lowest BCUT2D eigenvalue weighted by atomic mass is 9.93. The van der Waals surface area contributed by atoms with Crippen LogP contribution < -0.4 is 4.90 Å². The zero-order chi connectivity index (χ0) is 19.3. The van der Waals surface area contributed by atoms with E-state index in [1.54, 1.807) is 6.07 Å². The molecule has 2 aromatic carbocycles. The number of hydrogen-bond acceptors (Lipinski definition) is 3. The lowest BCUT2D eigenvalue weighted by Crippen LogP contribution is -2.43. The van der Waals surface area contributed by atoms with E-state index < -0.39 is 5.97 Å². The van der Waals surface area contributed by atoms with Gasteiger partial charge in [-0.1, -0.05) is 55.7 Å². The van der Waals surface area contributed by atoms with Gasteiger partial charge in [0.25, 0.3) is 5.91 Å². The number of aromatic nitrogens is 1. The molecular formula is C23H24N2O3. The fourth-order valence-corrected chi connectivity index (χ4v) is 3.94. The molecule has 0 bridgehead atoms. The Bertz CT molecular complexity index is 925. The first-order chi connectivity index (χ1) is 13.7. The molecule has 1 aliphatic carbocycles. The maximum absolute atomic E-state index is 13.0. The molecule has 4 rings (SSSR count). The highest BCUT2D eigenvalue weighted by molar-refractivity contribution is 5.98. The van der Waals surface area contributed by atoms with Crippen LogP contribution in [0.3, 0.4) is 0 Å². The van der Waals surface area contributed by atoms with Crippen molar-refractivity contribution in [1.82, 2.24) is 4.98 Å². The van der Waals surface area contributed by atoms with Gasteiger partial charge in [0.2, 0.25) is 0 Å². The lowest BCUT2D eigenvalue weighted by Gasteiger charge is -2.34. The molecule has 0 radical (unpaired) electrons. The van der Waals surface area contributed by atoms with Gasteiger partial charge in [-0.15, -0.1) is 0 Å². The van der Waals surface area contributed by atoms with Crippen LogP contribution in [0.25, 0.3) is 10.9 Å². The molecule has 0 atom stereocenters. The third-order valence-corrected chi connectivity index (χ3v) is 5.32. The van der Waals surface area contributed by atoms with Gasteiger partial charge >= 0.3 is 5.97 Å². The number of fused-ring (bicyclic) bond motifs is 1. The van der Waals surface area contributed by atoms with Crippen LogP contribution in [0.1, 0.15) is 42.6 Å². The average Bonchev–Trinajstić information content (AvgIpc) is 3.18. The number of para-hydroxylation sites is 2. The van der Waals surface area contributed by atoms with E-state index in [0.717, 1.165) is 42.3 Å². The van der Waals surface area contributed by atoms with Gasteiger partial charge in [0, 0.05) is 22.6 Å². The van der Waals surface area contributed by atoms with E-state index in [9.17, 15) is 9.59 Å². The summed E-state index contributed by atoms with van der Waals surface area (Å²) in [6.07, 6.45) is 5.42. The highest BCUT2D eigenvalue weighted by Crippen LogP contribution is 2.27. The second-order valence-electron chi connectivity index (χ2n) is 7.24. The lowest BCUT2D eigenvalue weighted by molar-refractivity contribution is -0.122. The Hall–Kier alpha value is -3.08. The van der Waals surface area contributed by atoms with Crippen LogP contribution in [0, 0.1) is 0 Å². The third kappa shape index (κ3) is 3.93. The van der Waals surface area contributed by atoms with Crippen molar-refractivity contribution in [2.45, 2.75) is 38.1 Å². The van der Waals surface area contributed by atoms with Crippen LogP contribution >= 0.6 is 0 Å². The molecule has 0 spiro atoms. The van der Waals surface area contributed by atoms with Crippen molar-refractivity contribution in [1.29, 1.82) is 0 Å². The maximum Gasteiger partial charge on any atom is 0.355 e. The van der Waals surface area contributed by atoms with Crippen LogP contribution in [0.4, 0.5) is 5.69 Å². The van der Waals surface area contributed by atoms with E-state index in [-0.39, 0.29) is 18.6 Å². The predicted molar refractivity (Wildman–Crippen MR) is 109 cm³/mol. The summed E-state index contributed by atoms with van der Waals surface area (Å²) in [5.41, 5.74) is 2.09. The minimum Gasteiger partial charge on any atom is -0.451 e. The zero-order valence-electron chi connectivity index (χ0n) is 15.8. The Labute approximate surface area is 164 Å². The third-order valence-electron chi connectivity index (χ3n) is 5.32. The number of H-pyrrole nitrogens is 1. The van der Waals surface area contributed by atoms with Crippen LogP contribution in [-0.2, 0) is 9.53 Å². The van der Waals surface area contributed by atoms with Crippen LogP contribution in [0.5, 0.6) is 0 Å². The fourth-order valence-electron chi connectivity index (χ4n) is 3.94. The van der Waals surface area contributed by atoms with Crippen molar-refractivity contribution in [3.05, 3.63) is 66.4 Å². The summed E-state index contributed by atoms with van der Waals surface area (Å²) in [6, 6.07) is 19.2. The number of esters is 1. The number of ether oxygens (including phenoxy) is 1. The smallest absolute Gasteiger partial charge is 0.355 e. The number of anilines is 1. The highest BCUT2D eigenvalue weighted by Gasteiger charge is 2.27. The van der Waals surface area contributed by atoms with Gasteiger partial charge in [0.1, 0.15) is 5.69 Å². The number of carbonyl (C=O) groups is 2. The van der Waals surface area contributed by atoms with E-state index in [4.69, 9.17) is 4.74 Å². The van der Waals surface area contributed by atoms with Gasteiger partial charge in [-0.05, 0) is 37.1 Å². The average molecular weight is 376 g/mol. The molecular weight excluding hydrogens is 352 g/mol. The molecule has 1 saturated carbocycles. The predicted octanol–water partition coefficient (Wildman–Crippen LogP) is 4.69. The molecule has 1 amide bonds. The minimum atomic E-state index is -0.513. The quantitative estimate of drug-likeness (QED) is 0.657. The minimum absolute atomic E-state index is 0.162. The number of hydrogen-bond donors (Lipinski definition) is 1. The number of amides is 1. The van der Waals surface area contributed by atoms with Gasteiger partial charge in [0.05, 0.1) is 0 Å². The van der Waals surface area contributed by atoms with E-state index in [2.05, 4.69) is 4.98 Å². The molecule has 5 heteroatoms. The molecule has 1 aliphatic rings. The topological polar surface area (TPSA) is 62.4 Å². The molecule has 1 N–H and O–H groups in total. The Kier molecular flexibility index (Phi) is 5.42. The van der Waals surface area contributed by atoms with E-state index in [0.29, 0.717) is 5.69 Å². The largest absolute Gasteiger partial charge is 0.451 e. The maximum atomic E-state index is 13.0. The van der Waals surface area contributed by atoms with Crippen LogP contribution in [-0.4, -0.2) is 29.5 Å². The Morgan fingerprint density at radius 3 is 2.43 bits per heavy atom. The van der Waals surface area contributed by atoms with Gasteiger partial charge in [-0.2, -0.15) is 0 Å². The first-order valence-corrected chi connectivity index (χ1v) is 9.84. The molecule has 3 aromatic rings. The second-order valence-corrected chi connectivity index (χ2v) is 7.24. The number of benzene rings is 2. The van der Waals surface area contributed by atoms with Gasteiger partial charge in [-0.25, -0.2) is 4.79 Å². The normalized spacial score (nSPS) is 14.7. The summed E-state index contributed by atoms with van der Waals surface area (Å²) in [5.74, 6) is -0.691. The summed E-state index contributed by atoms with van der Waals surface area (Å²) in [5, 5.41) is 0.939. The number of aromatic amines is 1. The SMILES string of the molecule is O=C(OCC(=O)N(c1ccccc1)C1CCCCC1)c1cc2ccccc2[nH]1. The van der Waals surface area contributed by atoms with E-state index in [1.165, 1.54) is 6.42 Å². The van der Waals surface area contributed by atoms with Crippen molar-refractivity contribution in [2.24, 2.45) is 0 Å². The monoisotopic (exact) mass is 376 g/mol. The van der Waals surface area contributed by atoms with E-state index in [1.807, 2.05) is 59.5 Å². The highest BCUT2D eigenvalue weighted by atomic mass is 16.5. The molecule has 144 valence electrons. The Morgan fingerprint density at radius 1 is 0.964 bits per heavy atom. The molecule has 0 saturated heterocycles. The molecule has 1 heterocycles. The second kappa shape index (κ2) is 8.30.